The van der Waals surface area contributed by atoms with Crippen LogP contribution in [0.1, 0.15) is 18.5 Å². The lowest BCUT2D eigenvalue weighted by molar-refractivity contribution is -0.136. The SMILES string of the molecule is O=C(O)Cc1ccc(NC(=O)C2CCOCC2)cn1. The minimum absolute atomic E-state index is 0.0209. The van der Waals surface area contributed by atoms with Gasteiger partial charge in [0, 0.05) is 19.1 Å². The second-order valence-electron chi connectivity index (χ2n) is 4.48. The number of aliphatic carboxylic acids is 1. The maximum Gasteiger partial charge on any atom is 0.309 e. The molecular formula is C13H16N2O4. The van der Waals surface area contributed by atoms with E-state index in [4.69, 9.17) is 9.84 Å². The Morgan fingerprint density at radius 1 is 1.37 bits per heavy atom. The molecule has 2 N–H and O–H groups in total. The highest BCUT2D eigenvalue weighted by atomic mass is 16.5. The quantitative estimate of drug-likeness (QED) is 0.849. The van der Waals surface area contributed by atoms with Crippen molar-refractivity contribution in [3.05, 3.63) is 24.0 Å². The minimum Gasteiger partial charge on any atom is -0.481 e. The van der Waals surface area contributed by atoms with E-state index >= 15 is 0 Å². The molecule has 6 nitrogen and oxygen atoms in total. The first-order valence-electron chi connectivity index (χ1n) is 6.20. The molecule has 0 aromatic carbocycles. The van der Waals surface area contributed by atoms with Gasteiger partial charge in [0.05, 0.1) is 24.0 Å². The number of hydrogen-bond acceptors (Lipinski definition) is 4. The molecule has 0 spiro atoms. The summed E-state index contributed by atoms with van der Waals surface area (Å²) < 4.78 is 5.20. The van der Waals surface area contributed by atoms with Gasteiger partial charge in [-0.25, -0.2) is 0 Å². The number of ether oxygens (including phenoxy) is 1. The normalized spacial score (nSPS) is 16.0. The number of nitrogens with zero attached hydrogens (tertiary/aromatic N) is 1. The third-order valence-corrected chi connectivity index (χ3v) is 3.02. The van der Waals surface area contributed by atoms with Crippen LogP contribution in [0.5, 0.6) is 0 Å². The van der Waals surface area contributed by atoms with Gasteiger partial charge in [0.2, 0.25) is 5.91 Å². The first kappa shape index (κ1) is 13.5. The highest BCUT2D eigenvalue weighted by Gasteiger charge is 2.21. The lowest BCUT2D eigenvalue weighted by atomic mass is 9.99. The molecule has 1 aromatic rings. The zero-order chi connectivity index (χ0) is 13.7. The maximum atomic E-state index is 11.9. The van der Waals surface area contributed by atoms with Crippen molar-refractivity contribution < 1.29 is 19.4 Å². The predicted molar refractivity (Wildman–Crippen MR) is 67.7 cm³/mol. The highest BCUT2D eigenvalue weighted by Crippen LogP contribution is 2.17. The van der Waals surface area contributed by atoms with E-state index in [-0.39, 0.29) is 18.2 Å². The van der Waals surface area contributed by atoms with Crippen molar-refractivity contribution in [3.8, 4) is 0 Å². The molecule has 0 bridgehead atoms. The Morgan fingerprint density at radius 2 is 2.11 bits per heavy atom. The molecule has 0 radical (unpaired) electrons. The van der Waals surface area contributed by atoms with Crippen molar-refractivity contribution in [3.63, 3.8) is 0 Å². The summed E-state index contributed by atoms with van der Waals surface area (Å²) in [5, 5.41) is 11.4. The van der Waals surface area contributed by atoms with Crippen LogP contribution in [0.3, 0.4) is 0 Å². The Kier molecular flexibility index (Phi) is 4.46. The van der Waals surface area contributed by atoms with Gasteiger partial charge in [-0.15, -0.1) is 0 Å². The summed E-state index contributed by atoms with van der Waals surface area (Å²) in [5.41, 5.74) is 1.06. The molecule has 0 saturated carbocycles. The van der Waals surface area contributed by atoms with E-state index in [1.165, 1.54) is 6.20 Å². The van der Waals surface area contributed by atoms with E-state index in [1.807, 2.05) is 0 Å². The van der Waals surface area contributed by atoms with E-state index in [1.54, 1.807) is 12.1 Å². The summed E-state index contributed by atoms with van der Waals surface area (Å²) in [5.74, 6) is -0.977. The zero-order valence-corrected chi connectivity index (χ0v) is 10.5. The summed E-state index contributed by atoms with van der Waals surface area (Å²) in [4.78, 5) is 26.5. The molecule has 1 fully saturated rings. The predicted octanol–water partition coefficient (Wildman–Crippen LogP) is 1.07. The summed E-state index contributed by atoms with van der Waals surface area (Å²) in [6.45, 7) is 1.24. The van der Waals surface area contributed by atoms with Crippen LogP contribution < -0.4 is 5.32 Å². The Bertz CT molecular complexity index is 452. The standard InChI is InChI=1S/C13H16N2O4/c16-12(17)7-10-1-2-11(8-14-10)15-13(18)9-3-5-19-6-4-9/h1-2,8-9H,3-7H2,(H,15,18)(H,16,17). The van der Waals surface area contributed by atoms with Crippen molar-refractivity contribution in [2.75, 3.05) is 18.5 Å². The molecular weight excluding hydrogens is 248 g/mol. The van der Waals surface area contributed by atoms with Crippen molar-refractivity contribution in [1.29, 1.82) is 0 Å². The van der Waals surface area contributed by atoms with Crippen LogP contribution in [0.15, 0.2) is 18.3 Å². The number of nitrogens with one attached hydrogen (secondary N) is 1. The average molecular weight is 264 g/mol. The fourth-order valence-electron chi connectivity index (χ4n) is 1.96. The van der Waals surface area contributed by atoms with Crippen molar-refractivity contribution in [1.82, 2.24) is 4.98 Å². The van der Waals surface area contributed by atoms with Gasteiger partial charge in [-0.1, -0.05) is 0 Å². The molecule has 6 heteroatoms. The maximum absolute atomic E-state index is 11.9. The van der Waals surface area contributed by atoms with E-state index in [0.717, 1.165) is 12.8 Å². The van der Waals surface area contributed by atoms with Gasteiger partial charge >= 0.3 is 5.97 Å². The van der Waals surface area contributed by atoms with Gasteiger partial charge in [-0.05, 0) is 25.0 Å². The number of hydrogen-bond donors (Lipinski definition) is 2. The number of pyridine rings is 1. The fraction of sp³-hybridized carbons (Fsp3) is 0.462. The Morgan fingerprint density at radius 3 is 2.68 bits per heavy atom. The smallest absolute Gasteiger partial charge is 0.309 e. The molecule has 0 aliphatic carbocycles. The van der Waals surface area contributed by atoms with Crippen LogP contribution in [0.2, 0.25) is 0 Å². The van der Waals surface area contributed by atoms with Crippen LogP contribution >= 0.6 is 0 Å². The molecule has 102 valence electrons. The first-order chi connectivity index (χ1) is 9.15. The average Bonchev–Trinajstić information content (AvgIpc) is 2.41. The zero-order valence-electron chi connectivity index (χ0n) is 10.5. The van der Waals surface area contributed by atoms with Crippen LogP contribution in [-0.2, 0) is 20.7 Å². The van der Waals surface area contributed by atoms with E-state index in [2.05, 4.69) is 10.3 Å². The summed E-state index contributed by atoms with van der Waals surface area (Å²) in [6.07, 6.45) is 2.83. The van der Waals surface area contributed by atoms with E-state index < -0.39 is 5.97 Å². The summed E-state index contributed by atoms with van der Waals surface area (Å²) >= 11 is 0. The number of carbonyl (C=O) groups excluding carboxylic acids is 1. The van der Waals surface area contributed by atoms with Crippen molar-refractivity contribution in [2.45, 2.75) is 19.3 Å². The van der Waals surface area contributed by atoms with Gasteiger partial charge in [-0.2, -0.15) is 0 Å². The van der Waals surface area contributed by atoms with Crippen LogP contribution in [0, 0.1) is 5.92 Å². The van der Waals surface area contributed by atoms with Gasteiger partial charge in [0.25, 0.3) is 0 Å². The topological polar surface area (TPSA) is 88.5 Å². The molecule has 2 rings (SSSR count). The lowest BCUT2D eigenvalue weighted by Crippen LogP contribution is -2.28. The Balaban J connectivity index is 1.91. The molecule has 1 saturated heterocycles. The Hall–Kier alpha value is -1.95. The second-order valence-corrected chi connectivity index (χ2v) is 4.48. The van der Waals surface area contributed by atoms with Crippen LogP contribution in [-0.4, -0.2) is 35.2 Å². The first-order valence-corrected chi connectivity index (χ1v) is 6.20. The molecule has 1 aliphatic heterocycles. The minimum atomic E-state index is -0.925. The highest BCUT2D eigenvalue weighted by molar-refractivity contribution is 5.92. The number of amides is 1. The van der Waals surface area contributed by atoms with Gasteiger partial charge in [-0.3, -0.25) is 14.6 Å². The Labute approximate surface area is 110 Å². The molecule has 1 aliphatic rings. The molecule has 19 heavy (non-hydrogen) atoms. The molecule has 2 heterocycles. The molecule has 1 amide bonds. The molecule has 0 unspecified atom stereocenters. The van der Waals surface area contributed by atoms with Gasteiger partial charge in [0.1, 0.15) is 0 Å². The van der Waals surface area contributed by atoms with Gasteiger partial charge < -0.3 is 15.2 Å². The number of rotatable bonds is 4. The number of carboxylic acid groups (broad SMARTS) is 1. The number of carboxylic acids is 1. The number of anilines is 1. The molecule has 0 atom stereocenters. The van der Waals surface area contributed by atoms with Gasteiger partial charge in [0.15, 0.2) is 0 Å². The lowest BCUT2D eigenvalue weighted by Gasteiger charge is -2.21. The van der Waals surface area contributed by atoms with E-state index in [0.29, 0.717) is 24.6 Å². The van der Waals surface area contributed by atoms with E-state index in [9.17, 15) is 9.59 Å². The fourth-order valence-corrected chi connectivity index (χ4v) is 1.96. The second kappa shape index (κ2) is 6.29. The third kappa shape index (κ3) is 4.03. The molecule has 1 aromatic heterocycles. The van der Waals surface area contributed by atoms with Crippen LogP contribution in [0.4, 0.5) is 5.69 Å². The summed E-state index contributed by atoms with van der Waals surface area (Å²) in [6, 6.07) is 3.27. The summed E-state index contributed by atoms with van der Waals surface area (Å²) in [7, 11) is 0. The number of aromatic nitrogens is 1. The van der Waals surface area contributed by atoms with Crippen LogP contribution in [0.25, 0.3) is 0 Å². The number of carbonyl (C=O) groups is 2. The third-order valence-electron chi connectivity index (χ3n) is 3.02. The monoisotopic (exact) mass is 264 g/mol. The largest absolute Gasteiger partial charge is 0.481 e. The van der Waals surface area contributed by atoms with Crippen molar-refractivity contribution >= 4 is 17.6 Å². The van der Waals surface area contributed by atoms with Crippen molar-refractivity contribution in [2.24, 2.45) is 5.92 Å².